The van der Waals surface area contributed by atoms with E-state index < -0.39 is 17.9 Å². The van der Waals surface area contributed by atoms with Crippen molar-refractivity contribution in [3.63, 3.8) is 0 Å². The minimum Gasteiger partial charge on any atom is -0.481 e. The summed E-state index contributed by atoms with van der Waals surface area (Å²) in [7, 11) is 0. The summed E-state index contributed by atoms with van der Waals surface area (Å²) in [5.74, 6) is -3.04. The van der Waals surface area contributed by atoms with Crippen LogP contribution in [0.1, 0.15) is 96.8 Å². The fraction of sp³-hybridized carbons (Fsp3) is 0.800. The number of unbranched alkanes of at least 4 members (excludes halogenated alkanes) is 12. The van der Waals surface area contributed by atoms with Gasteiger partial charge in [-0.1, -0.05) is 89.7 Å². The lowest BCUT2D eigenvalue weighted by atomic mass is 10.0. The number of rotatable bonds is 17. The zero-order valence-electron chi connectivity index (χ0n) is 15.3. The third-order valence-electron chi connectivity index (χ3n) is 4.30. The Kier molecular flexibility index (Phi) is 21.1. The Morgan fingerprint density at radius 1 is 0.800 bits per heavy atom. The molecule has 0 aromatic rings. The summed E-state index contributed by atoms with van der Waals surface area (Å²) in [6.07, 6.45) is 19.4. The maximum atomic E-state index is 10.9. The van der Waals surface area contributed by atoms with Gasteiger partial charge in [-0.05, 0) is 12.8 Å². The topological polar surface area (TPSA) is 74.6 Å². The molecule has 2 N–H and O–H groups in total. The van der Waals surface area contributed by atoms with Crippen LogP contribution in [0.2, 0.25) is 0 Å². The first-order chi connectivity index (χ1) is 11.6. The van der Waals surface area contributed by atoms with Crippen molar-refractivity contribution < 1.29 is 19.8 Å². The number of hydrogen-bond donors (Lipinski definition) is 2. The predicted octanol–water partition coefficient (Wildman–Crippen LogP) is 4.89. The molecule has 0 aromatic heterocycles. The van der Waals surface area contributed by atoms with Gasteiger partial charge in [0.25, 0.3) is 0 Å². The normalized spacial score (nSPS) is 12.0. The van der Waals surface area contributed by atoms with Gasteiger partial charge < -0.3 is 10.2 Å². The summed E-state index contributed by atoms with van der Waals surface area (Å²) in [6.45, 7) is 2.25. The molecular weight excluding hydrogens is 329 g/mol. The summed E-state index contributed by atoms with van der Waals surface area (Å²) in [6, 6.07) is 0. The molecule has 0 saturated carbocycles. The van der Waals surface area contributed by atoms with Gasteiger partial charge in [0.1, 0.15) is 0 Å². The molecule has 4 nitrogen and oxygen atoms in total. The Morgan fingerprint density at radius 3 is 1.64 bits per heavy atom. The Balaban J connectivity index is 0. The highest BCUT2D eigenvalue weighted by molar-refractivity contribution is 5.79. The molecular formula is C20H38MgO4. The van der Waals surface area contributed by atoms with E-state index in [9.17, 15) is 9.59 Å². The quantitative estimate of drug-likeness (QED) is 0.218. The smallest absolute Gasteiger partial charge is 0.316 e. The number of carboxylic acids is 2. The van der Waals surface area contributed by atoms with E-state index in [4.69, 9.17) is 10.2 Å². The van der Waals surface area contributed by atoms with Crippen LogP contribution in [0.25, 0.3) is 0 Å². The van der Waals surface area contributed by atoms with Gasteiger partial charge >= 0.3 is 35.0 Å². The van der Waals surface area contributed by atoms with Gasteiger partial charge in [0.05, 0.1) is 12.3 Å². The van der Waals surface area contributed by atoms with E-state index in [1.165, 1.54) is 70.3 Å². The lowest BCUT2D eigenvalue weighted by Gasteiger charge is -2.04. The molecule has 144 valence electrons. The molecule has 0 amide bonds. The molecule has 0 saturated heterocycles. The second-order valence-corrected chi connectivity index (χ2v) is 6.65. The maximum absolute atomic E-state index is 10.9. The van der Waals surface area contributed by atoms with Crippen molar-refractivity contribution in [3.8, 4) is 0 Å². The van der Waals surface area contributed by atoms with Crippen LogP contribution in [0.15, 0.2) is 12.2 Å². The average molecular weight is 367 g/mol. The van der Waals surface area contributed by atoms with Gasteiger partial charge in [0, 0.05) is 0 Å². The van der Waals surface area contributed by atoms with Crippen LogP contribution in [0, 0.1) is 5.92 Å². The lowest BCUT2D eigenvalue weighted by molar-refractivity contribution is -0.146. The second kappa shape index (κ2) is 19.8. The Labute approximate surface area is 169 Å². The van der Waals surface area contributed by atoms with Gasteiger partial charge in [0.15, 0.2) is 0 Å². The van der Waals surface area contributed by atoms with Crippen LogP contribution in [0.5, 0.6) is 0 Å². The van der Waals surface area contributed by atoms with Gasteiger partial charge in [-0.3, -0.25) is 9.59 Å². The molecule has 0 aromatic carbocycles. The van der Waals surface area contributed by atoms with Gasteiger partial charge in [-0.2, -0.15) is 0 Å². The van der Waals surface area contributed by atoms with Crippen LogP contribution in [-0.4, -0.2) is 45.2 Å². The van der Waals surface area contributed by atoms with Crippen LogP contribution in [-0.2, 0) is 9.59 Å². The molecule has 1 atom stereocenters. The van der Waals surface area contributed by atoms with Crippen molar-refractivity contribution in [3.05, 3.63) is 12.2 Å². The highest BCUT2D eigenvalue weighted by Gasteiger charge is 2.17. The molecule has 0 aliphatic carbocycles. The number of carbonyl (C=O) groups is 2. The zero-order chi connectivity index (χ0) is 18.0. The van der Waals surface area contributed by atoms with Gasteiger partial charge in [-0.15, -0.1) is 0 Å². The van der Waals surface area contributed by atoms with E-state index in [2.05, 4.69) is 6.92 Å². The van der Waals surface area contributed by atoms with Crippen LogP contribution < -0.4 is 0 Å². The number of aliphatic carboxylic acids is 2. The van der Waals surface area contributed by atoms with Crippen molar-refractivity contribution in [2.75, 3.05) is 0 Å². The molecule has 0 aliphatic heterocycles. The minimum absolute atomic E-state index is 0. The van der Waals surface area contributed by atoms with Crippen molar-refractivity contribution in [2.45, 2.75) is 96.8 Å². The lowest BCUT2D eigenvalue weighted by Crippen LogP contribution is -2.15. The number of hydrogen-bond acceptors (Lipinski definition) is 2. The molecule has 5 heteroatoms. The van der Waals surface area contributed by atoms with Crippen LogP contribution >= 0.6 is 0 Å². The standard InChI is InChI=1S/C20H36O4.Mg.2H/c1-2-3-4-5-6-7-8-9-10-11-12-13-14-15-16-18(20(23)24)17-19(21)22;;;/h15-16,18H,2-14,17H2,1H3,(H,21,22)(H,23,24);;;. The second-order valence-electron chi connectivity index (χ2n) is 6.65. The molecule has 0 rings (SSSR count). The third-order valence-corrected chi connectivity index (χ3v) is 4.30. The first-order valence-electron chi connectivity index (χ1n) is 9.69. The van der Waals surface area contributed by atoms with E-state index in [0.717, 1.165) is 19.3 Å². The molecule has 0 heterocycles. The first-order valence-corrected chi connectivity index (χ1v) is 9.69. The van der Waals surface area contributed by atoms with Crippen molar-refractivity contribution >= 4 is 35.0 Å². The first kappa shape index (κ1) is 26.7. The van der Waals surface area contributed by atoms with E-state index in [1.54, 1.807) is 0 Å². The highest BCUT2D eigenvalue weighted by atomic mass is 24.3. The van der Waals surface area contributed by atoms with Crippen molar-refractivity contribution in [2.24, 2.45) is 5.92 Å². The largest absolute Gasteiger partial charge is 0.481 e. The van der Waals surface area contributed by atoms with Crippen molar-refractivity contribution in [1.82, 2.24) is 0 Å². The SMILES string of the molecule is CCCCCCCCCCCCCCC=CC(CC(=O)O)C(=O)O.[MgH2]. The minimum atomic E-state index is -1.07. The Morgan fingerprint density at radius 2 is 1.24 bits per heavy atom. The Bertz CT molecular complexity index is 356. The summed E-state index contributed by atoms with van der Waals surface area (Å²) in [5.41, 5.74) is 0. The third kappa shape index (κ3) is 19.6. The summed E-state index contributed by atoms with van der Waals surface area (Å²) in [4.78, 5) is 21.5. The van der Waals surface area contributed by atoms with E-state index in [1.807, 2.05) is 6.08 Å². The van der Waals surface area contributed by atoms with E-state index in [0.29, 0.717) is 0 Å². The van der Waals surface area contributed by atoms with Crippen LogP contribution in [0.4, 0.5) is 0 Å². The van der Waals surface area contributed by atoms with E-state index in [-0.39, 0.29) is 29.5 Å². The molecule has 25 heavy (non-hydrogen) atoms. The monoisotopic (exact) mass is 366 g/mol. The van der Waals surface area contributed by atoms with Gasteiger partial charge in [-0.25, -0.2) is 0 Å². The number of allylic oxidation sites excluding steroid dienone is 1. The molecule has 0 spiro atoms. The summed E-state index contributed by atoms with van der Waals surface area (Å²) >= 11 is 0. The fourth-order valence-corrected chi connectivity index (χ4v) is 2.79. The van der Waals surface area contributed by atoms with Gasteiger partial charge in [0.2, 0.25) is 0 Å². The predicted molar refractivity (Wildman–Crippen MR) is 107 cm³/mol. The Hall–Kier alpha value is -0.554. The summed E-state index contributed by atoms with van der Waals surface area (Å²) in [5, 5.41) is 17.6. The van der Waals surface area contributed by atoms with E-state index >= 15 is 0 Å². The molecule has 0 radical (unpaired) electrons. The molecule has 0 bridgehead atoms. The number of carboxylic acid groups (broad SMARTS) is 2. The highest BCUT2D eigenvalue weighted by Crippen LogP contribution is 2.13. The maximum Gasteiger partial charge on any atom is 0.316 e. The van der Waals surface area contributed by atoms with Crippen molar-refractivity contribution in [1.29, 1.82) is 0 Å². The fourth-order valence-electron chi connectivity index (χ4n) is 2.79. The molecule has 0 aliphatic rings. The zero-order valence-corrected chi connectivity index (χ0v) is 15.3. The summed E-state index contributed by atoms with van der Waals surface area (Å²) < 4.78 is 0. The average Bonchev–Trinajstić information content (AvgIpc) is 2.53. The molecule has 1 unspecified atom stereocenters. The molecule has 0 fully saturated rings. The van der Waals surface area contributed by atoms with Crippen LogP contribution in [0.3, 0.4) is 0 Å².